The van der Waals surface area contributed by atoms with Crippen molar-refractivity contribution in [2.45, 2.75) is 19.9 Å². The van der Waals surface area contributed by atoms with E-state index in [4.69, 9.17) is 10.5 Å². The van der Waals surface area contributed by atoms with Crippen molar-refractivity contribution < 1.29 is 14.3 Å². The van der Waals surface area contributed by atoms with Gasteiger partial charge in [-0.05, 0) is 44.3 Å². The zero-order valence-electron chi connectivity index (χ0n) is 14.8. The maximum atomic E-state index is 11.8. The number of rotatable bonds is 9. The van der Waals surface area contributed by atoms with E-state index in [0.717, 1.165) is 12.3 Å². The molecule has 7 nitrogen and oxygen atoms in total. The first-order valence-corrected chi connectivity index (χ1v) is 8.00. The number of carbonyl (C=O) groups excluding carboxylic acids is 2. The van der Waals surface area contributed by atoms with Crippen LogP contribution in [0.3, 0.4) is 0 Å². The topological polar surface area (TPSA) is 96.7 Å². The normalized spacial score (nSPS) is 12.1. The lowest BCUT2D eigenvalue weighted by atomic mass is 10.1. The minimum Gasteiger partial charge on any atom is -0.492 e. The smallest absolute Gasteiger partial charge is 0.243 e. The Kier molecular flexibility index (Phi) is 8.21. The number of nitrogens with one attached hydrogen (secondary N) is 2. The van der Waals surface area contributed by atoms with Gasteiger partial charge in [-0.25, -0.2) is 0 Å². The average molecular weight is 336 g/mol. The Morgan fingerprint density at radius 2 is 1.83 bits per heavy atom. The third kappa shape index (κ3) is 7.43. The summed E-state index contributed by atoms with van der Waals surface area (Å²) < 4.78 is 5.58. The maximum Gasteiger partial charge on any atom is 0.243 e. The van der Waals surface area contributed by atoms with Gasteiger partial charge in [0.05, 0.1) is 12.6 Å². The Morgan fingerprint density at radius 3 is 2.38 bits per heavy atom. The zero-order chi connectivity index (χ0) is 18.1. The van der Waals surface area contributed by atoms with Crippen molar-refractivity contribution in [3.05, 3.63) is 24.3 Å². The molecule has 0 aliphatic heterocycles. The molecule has 7 heteroatoms. The minimum atomic E-state index is -0.614. The summed E-state index contributed by atoms with van der Waals surface area (Å²) in [4.78, 5) is 25.6. The highest BCUT2D eigenvalue weighted by atomic mass is 16.5. The lowest BCUT2D eigenvalue weighted by molar-refractivity contribution is -0.125. The van der Waals surface area contributed by atoms with Gasteiger partial charge >= 0.3 is 0 Å². The summed E-state index contributed by atoms with van der Waals surface area (Å²) in [6.07, 6.45) is 0. The van der Waals surface area contributed by atoms with Gasteiger partial charge in [-0.3, -0.25) is 9.59 Å². The van der Waals surface area contributed by atoms with Crippen LogP contribution in [-0.4, -0.2) is 56.5 Å². The summed E-state index contributed by atoms with van der Waals surface area (Å²) in [6, 6.07) is 6.48. The van der Waals surface area contributed by atoms with Gasteiger partial charge in [-0.15, -0.1) is 0 Å². The van der Waals surface area contributed by atoms with Crippen LogP contribution >= 0.6 is 0 Å². The predicted octanol–water partition coefficient (Wildman–Crippen LogP) is 0.665. The summed E-state index contributed by atoms with van der Waals surface area (Å²) in [5, 5.41) is 5.24. The Morgan fingerprint density at radius 1 is 1.21 bits per heavy atom. The van der Waals surface area contributed by atoms with Gasteiger partial charge in [-0.2, -0.15) is 0 Å². The molecule has 0 saturated carbocycles. The van der Waals surface area contributed by atoms with Crippen LogP contribution in [0.4, 0.5) is 5.69 Å². The van der Waals surface area contributed by atoms with E-state index >= 15 is 0 Å². The molecule has 0 unspecified atom stereocenters. The molecule has 2 amide bonds. The van der Waals surface area contributed by atoms with E-state index in [1.807, 2.05) is 32.8 Å². The number of benzene rings is 1. The highest BCUT2D eigenvalue weighted by Gasteiger charge is 2.17. The van der Waals surface area contributed by atoms with E-state index in [1.165, 1.54) is 0 Å². The molecule has 24 heavy (non-hydrogen) atoms. The number of nitrogens with zero attached hydrogens (tertiary/aromatic N) is 1. The molecule has 0 fully saturated rings. The first-order valence-electron chi connectivity index (χ1n) is 8.00. The van der Waals surface area contributed by atoms with Crippen LogP contribution in [0, 0.1) is 5.92 Å². The molecular weight excluding hydrogens is 308 g/mol. The van der Waals surface area contributed by atoms with Gasteiger partial charge in [0, 0.05) is 12.2 Å². The van der Waals surface area contributed by atoms with Crippen LogP contribution in [0.5, 0.6) is 5.75 Å². The van der Waals surface area contributed by atoms with Gasteiger partial charge in [0.15, 0.2) is 0 Å². The fraction of sp³-hybridized carbons (Fsp3) is 0.529. The Bertz CT molecular complexity index is 529. The van der Waals surface area contributed by atoms with Crippen molar-refractivity contribution in [3.8, 4) is 5.75 Å². The van der Waals surface area contributed by atoms with E-state index in [0.29, 0.717) is 12.3 Å². The van der Waals surface area contributed by atoms with Crippen LogP contribution in [0.2, 0.25) is 0 Å². The molecule has 0 aliphatic rings. The van der Waals surface area contributed by atoms with E-state index in [1.54, 1.807) is 24.3 Å². The first-order chi connectivity index (χ1) is 11.3. The molecule has 0 spiro atoms. The Labute approximate surface area is 143 Å². The molecule has 1 aromatic rings. The Hall–Kier alpha value is -2.12. The monoisotopic (exact) mass is 336 g/mol. The number of amides is 2. The van der Waals surface area contributed by atoms with Crippen molar-refractivity contribution in [3.63, 3.8) is 0 Å². The lowest BCUT2D eigenvalue weighted by Gasteiger charge is -2.15. The first kappa shape index (κ1) is 19.9. The van der Waals surface area contributed by atoms with E-state index < -0.39 is 6.04 Å². The summed E-state index contributed by atoms with van der Waals surface area (Å²) in [5.74, 6) is 0.129. The third-order valence-corrected chi connectivity index (χ3v) is 3.39. The number of hydrogen-bond acceptors (Lipinski definition) is 5. The van der Waals surface area contributed by atoms with Gasteiger partial charge < -0.3 is 26.0 Å². The molecule has 0 bridgehead atoms. The fourth-order valence-electron chi connectivity index (χ4n) is 1.77. The van der Waals surface area contributed by atoms with Gasteiger partial charge in [0.25, 0.3) is 0 Å². The number of likely N-dealkylation sites (N-methyl/N-ethyl adjacent to an activating group) is 1. The molecule has 0 aliphatic carbocycles. The summed E-state index contributed by atoms with van der Waals surface area (Å²) in [5.41, 5.74) is 6.35. The second-order valence-corrected chi connectivity index (χ2v) is 6.21. The SMILES string of the molecule is CC(C)[C@H](N)C(=O)NCC(=O)Nc1ccc(OCCN(C)C)cc1. The Balaban J connectivity index is 2.38. The van der Waals surface area contributed by atoms with Crippen molar-refractivity contribution in [2.75, 3.05) is 39.1 Å². The van der Waals surface area contributed by atoms with Crippen molar-refractivity contribution >= 4 is 17.5 Å². The molecular formula is C17H28N4O3. The zero-order valence-corrected chi connectivity index (χ0v) is 14.8. The standard InChI is InChI=1S/C17H28N4O3/c1-12(2)16(18)17(23)19-11-15(22)20-13-5-7-14(8-6-13)24-10-9-21(3)4/h5-8,12,16H,9-11,18H2,1-4H3,(H,19,23)(H,20,22)/t16-/m0/s1. The molecule has 134 valence electrons. The van der Waals surface area contributed by atoms with E-state index in [9.17, 15) is 9.59 Å². The van der Waals surface area contributed by atoms with Crippen LogP contribution in [0.1, 0.15) is 13.8 Å². The number of nitrogens with two attached hydrogens (primary N) is 1. The van der Waals surface area contributed by atoms with E-state index in [2.05, 4.69) is 10.6 Å². The second kappa shape index (κ2) is 9.89. The molecule has 0 heterocycles. The van der Waals surface area contributed by atoms with Crippen LogP contribution < -0.4 is 21.1 Å². The molecule has 1 atom stereocenters. The molecule has 4 N–H and O–H groups in total. The van der Waals surface area contributed by atoms with Crippen LogP contribution in [0.15, 0.2) is 24.3 Å². The molecule has 0 aromatic heterocycles. The minimum absolute atomic E-state index is 0.0214. The highest BCUT2D eigenvalue weighted by Crippen LogP contribution is 2.15. The summed E-state index contributed by atoms with van der Waals surface area (Å²) in [7, 11) is 3.96. The summed E-state index contributed by atoms with van der Waals surface area (Å²) >= 11 is 0. The molecule has 1 aromatic carbocycles. The van der Waals surface area contributed by atoms with Crippen molar-refractivity contribution in [2.24, 2.45) is 11.7 Å². The quantitative estimate of drug-likeness (QED) is 0.616. The van der Waals surface area contributed by atoms with Crippen molar-refractivity contribution in [1.82, 2.24) is 10.2 Å². The molecule has 0 saturated heterocycles. The number of hydrogen-bond donors (Lipinski definition) is 3. The number of ether oxygens (including phenoxy) is 1. The van der Waals surface area contributed by atoms with Crippen LogP contribution in [-0.2, 0) is 9.59 Å². The van der Waals surface area contributed by atoms with Crippen molar-refractivity contribution in [1.29, 1.82) is 0 Å². The maximum absolute atomic E-state index is 11.8. The number of anilines is 1. The summed E-state index contributed by atoms with van der Waals surface area (Å²) in [6.45, 7) is 5.02. The highest BCUT2D eigenvalue weighted by molar-refractivity contribution is 5.95. The van der Waals surface area contributed by atoms with Crippen LogP contribution in [0.25, 0.3) is 0 Å². The molecule has 1 rings (SSSR count). The predicted molar refractivity (Wildman–Crippen MR) is 94.9 cm³/mol. The average Bonchev–Trinajstić information content (AvgIpc) is 2.53. The molecule has 0 radical (unpaired) electrons. The van der Waals surface area contributed by atoms with E-state index in [-0.39, 0.29) is 24.3 Å². The van der Waals surface area contributed by atoms with Gasteiger partial charge in [-0.1, -0.05) is 13.8 Å². The second-order valence-electron chi connectivity index (χ2n) is 6.21. The largest absolute Gasteiger partial charge is 0.492 e. The lowest BCUT2D eigenvalue weighted by Crippen LogP contribution is -2.46. The third-order valence-electron chi connectivity index (χ3n) is 3.39. The van der Waals surface area contributed by atoms with Gasteiger partial charge in [0.2, 0.25) is 11.8 Å². The van der Waals surface area contributed by atoms with Gasteiger partial charge in [0.1, 0.15) is 12.4 Å². The fourth-order valence-corrected chi connectivity index (χ4v) is 1.77. The number of carbonyl (C=O) groups is 2.